The van der Waals surface area contributed by atoms with Gasteiger partial charge in [-0.05, 0) is 5.56 Å². The maximum Gasteiger partial charge on any atom is 0.169 e. The zero-order valence-electron chi connectivity index (χ0n) is 6.40. The summed E-state index contributed by atoms with van der Waals surface area (Å²) in [6, 6.07) is 9.75. The van der Waals surface area contributed by atoms with Gasteiger partial charge in [-0.2, -0.15) is 0 Å². The molecule has 0 spiro atoms. The van der Waals surface area contributed by atoms with Crippen LogP contribution in [0.25, 0.3) is 5.57 Å². The molecule has 0 radical (unpaired) electrons. The van der Waals surface area contributed by atoms with Crippen LogP contribution in [-0.4, -0.2) is 12.5 Å². The van der Waals surface area contributed by atoms with Gasteiger partial charge in [-0.15, -0.1) is 0 Å². The summed E-state index contributed by atoms with van der Waals surface area (Å²) in [5, 5.41) is 0. The van der Waals surface area contributed by atoms with Gasteiger partial charge in [0, 0.05) is 11.8 Å². The second-order valence-corrected chi connectivity index (χ2v) is 2.54. The van der Waals surface area contributed by atoms with E-state index < -0.39 is 0 Å². The van der Waals surface area contributed by atoms with Crippen molar-refractivity contribution in [2.24, 2.45) is 4.99 Å². The number of allylic oxidation sites excluding steroid dienone is 2. The lowest BCUT2D eigenvalue weighted by molar-refractivity contribution is -0.104. The number of benzene rings is 1. The lowest BCUT2D eigenvalue weighted by atomic mass is 10.0. The Labute approximate surface area is 70.3 Å². The minimum Gasteiger partial charge on any atom is -0.296 e. The summed E-state index contributed by atoms with van der Waals surface area (Å²) in [4.78, 5) is 14.2. The Morgan fingerprint density at radius 1 is 1.17 bits per heavy atom. The minimum atomic E-state index is 0.543. The zero-order chi connectivity index (χ0) is 8.39. The Morgan fingerprint density at radius 3 is 2.42 bits per heavy atom. The molecule has 0 saturated heterocycles. The van der Waals surface area contributed by atoms with E-state index in [2.05, 4.69) is 4.99 Å². The number of rotatable bonds is 2. The van der Waals surface area contributed by atoms with Gasteiger partial charge in [0.25, 0.3) is 0 Å². The van der Waals surface area contributed by atoms with E-state index in [1.165, 1.54) is 0 Å². The highest BCUT2D eigenvalue weighted by molar-refractivity contribution is 6.21. The fraction of sp³-hybridized carbons (Fsp3) is 0. The van der Waals surface area contributed by atoms with E-state index in [9.17, 15) is 4.79 Å². The Morgan fingerprint density at radius 2 is 1.92 bits per heavy atom. The molecule has 1 aromatic rings. The molecule has 1 aliphatic heterocycles. The topological polar surface area (TPSA) is 29.4 Å². The van der Waals surface area contributed by atoms with Crippen molar-refractivity contribution in [3.8, 4) is 0 Å². The first-order valence-electron chi connectivity index (χ1n) is 3.71. The molecule has 1 heterocycles. The second-order valence-electron chi connectivity index (χ2n) is 2.54. The molecule has 0 atom stereocenters. The highest BCUT2D eigenvalue weighted by Crippen LogP contribution is 2.22. The fourth-order valence-corrected chi connectivity index (χ4v) is 1.14. The van der Waals surface area contributed by atoms with Crippen molar-refractivity contribution >= 4 is 18.1 Å². The van der Waals surface area contributed by atoms with Gasteiger partial charge in [0.05, 0.1) is 0 Å². The highest BCUT2D eigenvalue weighted by Gasteiger charge is 2.11. The SMILES string of the molecule is O=CC1=C(c2ccccc2)C=N1. The van der Waals surface area contributed by atoms with Crippen LogP contribution < -0.4 is 0 Å². The third-order valence-electron chi connectivity index (χ3n) is 1.81. The fourth-order valence-electron chi connectivity index (χ4n) is 1.14. The highest BCUT2D eigenvalue weighted by atomic mass is 16.1. The van der Waals surface area contributed by atoms with Gasteiger partial charge in [-0.3, -0.25) is 9.79 Å². The van der Waals surface area contributed by atoms with Crippen molar-refractivity contribution in [3.05, 3.63) is 41.6 Å². The number of aliphatic imine (C=N–C) groups is 1. The number of carbonyl (C=O) groups is 1. The normalized spacial score (nSPS) is 14.3. The van der Waals surface area contributed by atoms with E-state index in [0.717, 1.165) is 17.4 Å². The molecule has 1 aliphatic rings. The van der Waals surface area contributed by atoms with Crippen molar-refractivity contribution in [1.82, 2.24) is 0 Å². The molecular weight excluding hydrogens is 150 g/mol. The molecule has 0 fully saturated rings. The number of hydrogen-bond acceptors (Lipinski definition) is 2. The quantitative estimate of drug-likeness (QED) is 0.600. The van der Waals surface area contributed by atoms with E-state index in [0.29, 0.717) is 5.70 Å². The molecule has 2 heteroatoms. The van der Waals surface area contributed by atoms with Gasteiger partial charge < -0.3 is 0 Å². The van der Waals surface area contributed by atoms with E-state index in [1.807, 2.05) is 30.3 Å². The Kier molecular flexibility index (Phi) is 1.59. The van der Waals surface area contributed by atoms with Crippen molar-refractivity contribution < 1.29 is 4.79 Å². The molecule has 0 unspecified atom stereocenters. The first-order chi connectivity index (χ1) is 5.92. The Balaban J connectivity index is 2.39. The predicted octanol–water partition coefficient (Wildman–Crippen LogP) is 1.68. The largest absolute Gasteiger partial charge is 0.296 e. The van der Waals surface area contributed by atoms with Crippen LogP contribution in [0.3, 0.4) is 0 Å². The van der Waals surface area contributed by atoms with Crippen molar-refractivity contribution in [2.45, 2.75) is 0 Å². The van der Waals surface area contributed by atoms with Gasteiger partial charge in [0.15, 0.2) is 6.29 Å². The summed E-state index contributed by atoms with van der Waals surface area (Å²) >= 11 is 0. The summed E-state index contributed by atoms with van der Waals surface area (Å²) in [5.74, 6) is 0. The van der Waals surface area contributed by atoms with Gasteiger partial charge in [0.1, 0.15) is 5.70 Å². The third kappa shape index (κ3) is 0.975. The number of hydrogen-bond donors (Lipinski definition) is 0. The number of aldehydes is 1. The summed E-state index contributed by atoms with van der Waals surface area (Å²) in [6.45, 7) is 0. The lowest BCUT2D eigenvalue weighted by Crippen LogP contribution is -2.01. The molecule has 2 nitrogen and oxygen atoms in total. The number of nitrogens with zero attached hydrogens (tertiary/aromatic N) is 1. The van der Waals surface area contributed by atoms with Gasteiger partial charge in [0.2, 0.25) is 0 Å². The van der Waals surface area contributed by atoms with Crippen LogP contribution in [0.1, 0.15) is 5.56 Å². The van der Waals surface area contributed by atoms with E-state index in [1.54, 1.807) is 6.21 Å². The monoisotopic (exact) mass is 157 g/mol. The lowest BCUT2D eigenvalue weighted by Gasteiger charge is -2.09. The minimum absolute atomic E-state index is 0.543. The molecule has 0 bridgehead atoms. The summed E-state index contributed by atoms with van der Waals surface area (Å²) < 4.78 is 0. The molecule has 12 heavy (non-hydrogen) atoms. The van der Waals surface area contributed by atoms with Crippen LogP contribution >= 0.6 is 0 Å². The third-order valence-corrected chi connectivity index (χ3v) is 1.81. The van der Waals surface area contributed by atoms with Crippen molar-refractivity contribution in [1.29, 1.82) is 0 Å². The number of carbonyl (C=O) groups excluding carboxylic acids is 1. The molecule has 0 saturated carbocycles. The van der Waals surface area contributed by atoms with Crippen LogP contribution in [0.5, 0.6) is 0 Å². The van der Waals surface area contributed by atoms with Gasteiger partial charge >= 0.3 is 0 Å². The van der Waals surface area contributed by atoms with E-state index in [-0.39, 0.29) is 0 Å². The first-order valence-corrected chi connectivity index (χ1v) is 3.71. The summed E-state index contributed by atoms with van der Waals surface area (Å²) in [6.07, 6.45) is 2.49. The standard InChI is InChI=1S/C10H7NO/c12-7-10-9(6-11-10)8-4-2-1-3-5-8/h1-7H. The van der Waals surface area contributed by atoms with Crippen LogP contribution in [0.4, 0.5) is 0 Å². The van der Waals surface area contributed by atoms with Crippen LogP contribution in [0, 0.1) is 0 Å². The average molecular weight is 157 g/mol. The molecule has 0 aliphatic carbocycles. The maximum absolute atomic E-state index is 10.4. The van der Waals surface area contributed by atoms with Crippen LogP contribution in [0.2, 0.25) is 0 Å². The summed E-state index contributed by atoms with van der Waals surface area (Å²) in [7, 11) is 0. The average Bonchev–Trinajstić information content (AvgIpc) is 2.05. The van der Waals surface area contributed by atoms with Gasteiger partial charge in [-0.1, -0.05) is 30.3 Å². The Bertz CT molecular complexity index is 359. The van der Waals surface area contributed by atoms with Crippen molar-refractivity contribution in [3.63, 3.8) is 0 Å². The smallest absolute Gasteiger partial charge is 0.169 e. The van der Waals surface area contributed by atoms with E-state index >= 15 is 0 Å². The summed E-state index contributed by atoms with van der Waals surface area (Å²) in [5.41, 5.74) is 2.53. The molecule has 58 valence electrons. The van der Waals surface area contributed by atoms with Crippen LogP contribution in [0.15, 0.2) is 41.0 Å². The molecule has 2 rings (SSSR count). The molecule has 0 amide bonds. The van der Waals surface area contributed by atoms with Crippen molar-refractivity contribution in [2.75, 3.05) is 0 Å². The van der Waals surface area contributed by atoms with Crippen LogP contribution in [-0.2, 0) is 4.79 Å². The molecule has 0 N–H and O–H groups in total. The maximum atomic E-state index is 10.4. The predicted molar refractivity (Wildman–Crippen MR) is 47.9 cm³/mol. The zero-order valence-corrected chi connectivity index (χ0v) is 6.40. The second kappa shape index (κ2) is 2.74. The first kappa shape index (κ1) is 6.98. The van der Waals surface area contributed by atoms with Gasteiger partial charge in [-0.25, -0.2) is 0 Å². The Hall–Kier alpha value is -1.70. The molecule has 0 aromatic heterocycles. The molecule has 1 aromatic carbocycles. The molecular formula is C10H7NO. The van der Waals surface area contributed by atoms with E-state index in [4.69, 9.17) is 0 Å².